The number of aromatic nitrogens is 1. The third-order valence-electron chi connectivity index (χ3n) is 4.98. The Balaban J connectivity index is 1.67. The Bertz CT molecular complexity index is 1210. The number of hydrogen-bond acceptors (Lipinski definition) is 5. The smallest absolute Gasteiger partial charge is 0.258 e. The molecule has 1 heterocycles. The molecule has 0 radical (unpaired) electrons. The zero-order chi connectivity index (χ0) is 24.8. The van der Waals surface area contributed by atoms with Crippen LogP contribution in [0.1, 0.15) is 40.1 Å². The summed E-state index contributed by atoms with van der Waals surface area (Å²) in [6.07, 6.45) is 3.15. The highest BCUT2D eigenvalue weighted by Crippen LogP contribution is 2.27. The van der Waals surface area contributed by atoms with Gasteiger partial charge in [0.05, 0.1) is 5.56 Å². The van der Waals surface area contributed by atoms with Gasteiger partial charge < -0.3 is 15.0 Å². The first-order valence-electron chi connectivity index (χ1n) is 10.7. The van der Waals surface area contributed by atoms with Crippen LogP contribution in [-0.2, 0) is 0 Å². The molecule has 0 spiro atoms. The molecule has 7 nitrogen and oxygen atoms in total. The third-order valence-corrected chi connectivity index (χ3v) is 4.98. The zero-order valence-corrected chi connectivity index (χ0v) is 19.6. The summed E-state index contributed by atoms with van der Waals surface area (Å²) in [7, 11) is 1.81. The second kappa shape index (κ2) is 10.6. The highest BCUT2D eigenvalue weighted by atomic mass is 19.1. The van der Waals surface area contributed by atoms with Gasteiger partial charge in [0.1, 0.15) is 11.6 Å². The molecule has 0 saturated carbocycles. The summed E-state index contributed by atoms with van der Waals surface area (Å²) in [5, 5.41) is 5.32. The molecule has 3 aromatic rings. The molecule has 0 aliphatic heterocycles. The average molecular weight is 463 g/mol. The van der Waals surface area contributed by atoms with Gasteiger partial charge in [0.15, 0.2) is 5.88 Å². The van der Waals surface area contributed by atoms with Crippen molar-refractivity contribution in [3.05, 3.63) is 95.9 Å². The number of nitrogens with one attached hydrogen (secondary N) is 2. The van der Waals surface area contributed by atoms with Crippen LogP contribution in [0.15, 0.2) is 73.4 Å². The van der Waals surface area contributed by atoms with E-state index in [-0.39, 0.29) is 23.4 Å². The van der Waals surface area contributed by atoms with Crippen molar-refractivity contribution in [3.63, 3.8) is 0 Å². The Morgan fingerprint density at radius 1 is 1.03 bits per heavy atom. The molecule has 8 heteroatoms. The summed E-state index contributed by atoms with van der Waals surface area (Å²) >= 11 is 0. The number of nitrogens with zero attached hydrogens (tertiary/aromatic N) is 2. The molecule has 2 aromatic carbocycles. The Hall–Kier alpha value is -4.20. The molecule has 3 rings (SSSR count). The molecule has 1 aromatic heterocycles. The Morgan fingerprint density at radius 3 is 2.35 bits per heavy atom. The number of ether oxygens (including phenoxy) is 1. The first-order valence-corrected chi connectivity index (χ1v) is 10.7. The number of anilines is 2. The van der Waals surface area contributed by atoms with Gasteiger partial charge in [-0.05, 0) is 81.4 Å². The van der Waals surface area contributed by atoms with E-state index < -0.39 is 11.7 Å². The van der Waals surface area contributed by atoms with Crippen molar-refractivity contribution in [3.8, 4) is 5.75 Å². The normalized spacial score (nSPS) is 10.5. The minimum absolute atomic E-state index is 0.0190. The minimum Gasteiger partial charge on any atom is -0.442 e. The number of benzene rings is 2. The first kappa shape index (κ1) is 24.4. The van der Waals surface area contributed by atoms with Crippen molar-refractivity contribution in [2.75, 3.05) is 11.9 Å². The fraction of sp³-hybridized carbons (Fsp3) is 0.192. The van der Waals surface area contributed by atoms with Crippen molar-refractivity contribution in [2.24, 2.45) is 0 Å². The monoisotopic (exact) mass is 462 g/mol. The van der Waals surface area contributed by atoms with E-state index >= 15 is 0 Å². The van der Waals surface area contributed by atoms with Crippen LogP contribution in [0.4, 0.5) is 15.8 Å². The summed E-state index contributed by atoms with van der Waals surface area (Å²) in [5.41, 5.74) is 2.64. The van der Waals surface area contributed by atoms with Gasteiger partial charge in [-0.3, -0.25) is 19.9 Å². The minimum atomic E-state index is -0.582. The van der Waals surface area contributed by atoms with E-state index in [4.69, 9.17) is 4.74 Å². The average Bonchev–Trinajstić information content (AvgIpc) is 2.79. The largest absolute Gasteiger partial charge is 0.442 e. The van der Waals surface area contributed by atoms with Crippen LogP contribution >= 0.6 is 0 Å². The van der Waals surface area contributed by atoms with E-state index in [2.05, 4.69) is 22.2 Å². The second-order valence-electron chi connectivity index (χ2n) is 8.02. The number of carbonyl (C=O) groups excluding carboxylic acids is 2. The second-order valence-corrected chi connectivity index (χ2v) is 8.02. The molecule has 176 valence electrons. The molecule has 2 amide bonds. The van der Waals surface area contributed by atoms with Gasteiger partial charge in [-0.15, -0.1) is 0 Å². The quantitative estimate of drug-likeness (QED) is 0.474. The predicted octanol–water partition coefficient (Wildman–Crippen LogP) is 4.72. The SMILES string of the molecule is C=C(NC(=O)c1ccncc1C)Oc1ccc(N(C)c2ccc(F)c(C(=O)NC(C)C)c2)cc1. The fourth-order valence-corrected chi connectivity index (χ4v) is 3.21. The Kier molecular flexibility index (Phi) is 7.63. The van der Waals surface area contributed by atoms with Gasteiger partial charge in [-0.1, -0.05) is 0 Å². The summed E-state index contributed by atoms with van der Waals surface area (Å²) in [6, 6.07) is 12.9. The van der Waals surface area contributed by atoms with Gasteiger partial charge in [0.25, 0.3) is 11.8 Å². The highest BCUT2D eigenvalue weighted by Gasteiger charge is 2.16. The van der Waals surface area contributed by atoms with Crippen LogP contribution in [0.3, 0.4) is 0 Å². The van der Waals surface area contributed by atoms with Gasteiger partial charge in [-0.2, -0.15) is 0 Å². The maximum Gasteiger partial charge on any atom is 0.258 e. The molecular formula is C26H27FN4O3. The lowest BCUT2D eigenvalue weighted by atomic mass is 10.1. The van der Waals surface area contributed by atoms with Crippen molar-refractivity contribution >= 4 is 23.2 Å². The van der Waals surface area contributed by atoms with Gasteiger partial charge in [0, 0.05) is 42.4 Å². The van der Waals surface area contributed by atoms with E-state index in [1.54, 1.807) is 55.7 Å². The number of amides is 2. The molecule has 2 N–H and O–H groups in total. The third kappa shape index (κ3) is 5.98. The topological polar surface area (TPSA) is 83.6 Å². The van der Waals surface area contributed by atoms with Gasteiger partial charge in [0.2, 0.25) is 0 Å². The number of carbonyl (C=O) groups is 2. The fourth-order valence-electron chi connectivity index (χ4n) is 3.21. The molecule has 0 atom stereocenters. The van der Waals surface area contributed by atoms with Crippen molar-refractivity contribution in [1.29, 1.82) is 0 Å². The number of pyridine rings is 1. The molecule has 0 aliphatic rings. The van der Waals surface area contributed by atoms with Crippen LogP contribution in [0.2, 0.25) is 0 Å². The summed E-state index contributed by atoms with van der Waals surface area (Å²) in [5.74, 6) is -0.822. The van der Waals surface area contributed by atoms with E-state index in [1.807, 2.05) is 25.8 Å². The van der Waals surface area contributed by atoms with Crippen LogP contribution in [0.25, 0.3) is 0 Å². The summed E-state index contributed by atoms with van der Waals surface area (Å²) in [4.78, 5) is 30.5. The summed E-state index contributed by atoms with van der Waals surface area (Å²) in [6.45, 7) is 9.18. The van der Waals surface area contributed by atoms with Gasteiger partial charge >= 0.3 is 0 Å². The zero-order valence-electron chi connectivity index (χ0n) is 19.6. The molecule has 0 fully saturated rings. The first-order chi connectivity index (χ1) is 16.2. The molecule has 34 heavy (non-hydrogen) atoms. The number of halogens is 1. The lowest BCUT2D eigenvalue weighted by Crippen LogP contribution is -2.30. The number of aryl methyl sites for hydroxylation is 1. The molecule has 0 aliphatic carbocycles. The predicted molar refractivity (Wildman–Crippen MR) is 130 cm³/mol. The van der Waals surface area contributed by atoms with E-state index in [1.165, 1.54) is 12.1 Å². The van der Waals surface area contributed by atoms with E-state index in [0.29, 0.717) is 17.0 Å². The van der Waals surface area contributed by atoms with Gasteiger partial charge in [-0.25, -0.2) is 4.39 Å². The van der Waals surface area contributed by atoms with Crippen LogP contribution in [-0.4, -0.2) is 29.9 Å². The molecular weight excluding hydrogens is 435 g/mol. The van der Waals surface area contributed by atoms with Crippen molar-refractivity contribution < 1.29 is 18.7 Å². The van der Waals surface area contributed by atoms with Crippen molar-refractivity contribution in [2.45, 2.75) is 26.8 Å². The van der Waals surface area contributed by atoms with Crippen molar-refractivity contribution in [1.82, 2.24) is 15.6 Å². The Morgan fingerprint density at radius 2 is 1.71 bits per heavy atom. The van der Waals surface area contributed by atoms with E-state index in [0.717, 1.165) is 11.3 Å². The van der Waals surface area contributed by atoms with E-state index in [9.17, 15) is 14.0 Å². The summed E-state index contributed by atoms with van der Waals surface area (Å²) < 4.78 is 19.8. The standard InChI is InChI=1S/C26H27FN4O3/c1-16(2)29-26(33)23-14-20(8-11-24(23)27)31(5)19-6-9-21(10-7-19)34-18(4)30-25(32)22-12-13-28-15-17(22)3/h6-16H,4H2,1-3,5H3,(H,29,33)(H,30,32). The van der Waals surface area contributed by atoms with Crippen LogP contribution < -0.4 is 20.3 Å². The Labute approximate surface area is 198 Å². The lowest BCUT2D eigenvalue weighted by Gasteiger charge is -2.21. The number of rotatable bonds is 8. The van der Waals surface area contributed by atoms with Crippen LogP contribution in [0, 0.1) is 12.7 Å². The molecule has 0 unspecified atom stereocenters. The maximum absolute atomic E-state index is 14.2. The molecule has 0 bridgehead atoms. The highest BCUT2D eigenvalue weighted by molar-refractivity contribution is 5.96. The molecule has 0 saturated heterocycles. The number of hydrogen-bond donors (Lipinski definition) is 2. The maximum atomic E-state index is 14.2. The van der Waals surface area contributed by atoms with Crippen LogP contribution in [0.5, 0.6) is 5.75 Å². The lowest BCUT2D eigenvalue weighted by molar-refractivity contribution is 0.0934.